The summed E-state index contributed by atoms with van der Waals surface area (Å²) < 4.78 is 33.5. The molecule has 1 N–H and O–H groups in total. The molecule has 0 saturated carbocycles. The first-order chi connectivity index (χ1) is 13.0. The summed E-state index contributed by atoms with van der Waals surface area (Å²) in [7, 11) is 1.54. The maximum absolute atomic E-state index is 12.3. The summed E-state index contributed by atoms with van der Waals surface area (Å²) in [5, 5.41) is 2.68. The monoisotopic (exact) mass is 380 g/mol. The van der Waals surface area contributed by atoms with Gasteiger partial charge in [0.1, 0.15) is 0 Å². The van der Waals surface area contributed by atoms with Gasteiger partial charge in [-0.3, -0.25) is 0 Å². The van der Waals surface area contributed by atoms with E-state index in [1.165, 1.54) is 25.4 Å². The molecule has 2 aromatic heterocycles. The first kappa shape index (κ1) is 18.5. The number of anilines is 2. The van der Waals surface area contributed by atoms with Crippen molar-refractivity contribution in [2.24, 2.45) is 0 Å². The van der Waals surface area contributed by atoms with Crippen molar-refractivity contribution >= 4 is 17.7 Å². The minimum Gasteiger partial charge on any atom is -0.481 e. The van der Waals surface area contributed by atoms with Crippen molar-refractivity contribution in [3.63, 3.8) is 0 Å². The molecule has 0 aliphatic carbocycles. The van der Waals surface area contributed by atoms with Crippen LogP contribution in [0.2, 0.25) is 0 Å². The largest absolute Gasteiger partial charge is 0.481 e. The maximum Gasteiger partial charge on any atom is 0.388 e. The van der Waals surface area contributed by atoms with Gasteiger partial charge in [0.2, 0.25) is 17.7 Å². The predicted molar refractivity (Wildman–Crippen MR) is 92.3 cm³/mol. The standard InChI is InChI=1S/C16H18F2N6O3/c1-26-13-4-5-19-15(22-13)23-6-8-24(9-7-23)16(25)21-11-2-3-12(20-10-11)27-14(17)18/h2-5,10,14H,6-9H2,1H3,(H,21,25). The third-order valence-electron chi connectivity index (χ3n) is 3.87. The number of carbonyl (C=O) groups excluding carboxylic acids is 1. The fraction of sp³-hybridized carbons (Fsp3) is 0.375. The molecule has 1 saturated heterocycles. The molecule has 1 aliphatic rings. The Morgan fingerprint density at radius 3 is 2.56 bits per heavy atom. The van der Waals surface area contributed by atoms with Gasteiger partial charge in [-0.2, -0.15) is 13.8 Å². The highest BCUT2D eigenvalue weighted by Gasteiger charge is 2.23. The van der Waals surface area contributed by atoms with Crippen LogP contribution >= 0.6 is 0 Å². The molecule has 27 heavy (non-hydrogen) atoms. The predicted octanol–water partition coefficient (Wildman–Crippen LogP) is 1.84. The molecule has 3 rings (SSSR count). The number of ether oxygens (including phenoxy) is 2. The van der Waals surface area contributed by atoms with E-state index in [1.54, 1.807) is 17.2 Å². The molecule has 0 unspecified atom stereocenters. The van der Waals surface area contributed by atoms with Gasteiger partial charge in [0.15, 0.2) is 0 Å². The average Bonchev–Trinajstić information content (AvgIpc) is 2.69. The van der Waals surface area contributed by atoms with Crippen LogP contribution in [0.4, 0.5) is 25.2 Å². The Morgan fingerprint density at radius 1 is 1.15 bits per heavy atom. The molecule has 0 aromatic carbocycles. The molecule has 1 aliphatic heterocycles. The normalized spacial score (nSPS) is 14.2. The van der Waals surface area contributed by atoms with Crippen LogP contribution in [0.25, 0.3) is 0 Å². The quantitative estimate of drug-likeness (QED) is 0.846. The topological polar surface area (TPSA) is 92.7 Å². The lowest BCUT2D eigenvalue weighted by Crippen LogP contribution is -2.50. The second-order valence-corrected chi connectivity index (χ2v) is 5.57. The Labute approximate surface area is 153 Å². The number of halogens is 2. The minimum absolute atomic E-state index is 0.213. The van der Waals surface area contributed by atoms with Crippen LogP contribution in [0.3, 0.4) is 0 Å². The summed E-state index contributed by atoms with van der Waals surface area (Å²) in [4.78, 5) is 28.2. The third kappa shape index (κ3) is 4.90. The fourth-order valence-electron chi connectivity index (χ4n) is 2.53. The van der Waals surface area contributed by atoms with Crippen LogP contribution < -0.4 is 19.7 Å². The molecule has 9 nitrogen and oxygen atoms in total. The van der Waals surface area contributed by atoms with E-state index in [2.05, 4.69) is 25.0 Å². The van der Waals surface area contributed by atoms with Crippen LogP contribution in [-0.4, -0.2) is 65.8 Å². The molecular formula is C16H18F2N6O3. The molecule has 3 heterocycles. The van der Waals surface area contributed by atoms with Crippen LogP contribution in [0.15, 0.2) is 30.6 Å². The number of piperazine rings is 1. The third-order valence-corrected chi connectivity index (χ3v) is 3.87. The van der Waals surface area contributed by atoms with Crippen molar-refractivity contribution in [2.75, 3.05) is 43.5 Å². The lowest BCUT2D eigenvalue weighted by Gasteiger charge is -2.34. The minimum atomic E-state index is -2.94. The van der Waals surface area contributed by atoms with E-state index in [4.69, 9.17) is 4.74 Å². The van der Waals surface area contributed by atoms with E-state index in [9.17, 15) is 13.6 Å². The Hall–Kier alpha value is -3.24. The first-order valence-electron chi connectivity index (χ1n) is 8.14. The molecule has 144 valence electrons. The van der Waals surface area contributed by atoms with Gasteiger partial charge < -0.3 is 24.6 Å². The van der Waals surface area contributed by atoms with E-state index >= 15 is 0 Å². The molecule has 2 aromatic rings. The van der Waals surface area contributed by atoms with E-state index in [1.807, 2.05) is 4.90 Å². The summed E-state index contributed by atoms with van der Waals surface area (Å²) in [6.45, 7) is -0.846. The number of nitrogens with zero attached hydrogens (tertiary/aromatic N) is 5. The summed E-state index contributed by atoms with van der Waals surface area (Å²) in [6.07, 6.45) is 2.88. The number of hydrogen-bond acceptors (Lipinski definition) is 7. The summed E-state index contributed by atoms with van der Waals surface area (Å²) >= 11 is 0. The lowest BCUT2D eigenvalue weighted by atomic mass is 10.3. The first-order valence-corrected chi connectivity index (χ1v) is 8.14. The molecule has 11 heteroatoms. The summed E-state index contributed by atoms with van der Waals surface area (Å²) in [6, 6.07) is 4.08. The van der Waals surface area contributed by atoms with Crippen LogP contribution in [0.5, 0.6) is 11.8 Å². The van der Waals surface area contributed by atoms with E-state index in [0.29, 0.717) is 43.7 Å². The number of alkyl halides is 2. The number of methoxy groups -OCH3 is 1. The highest BCUT2D eigenvalue weighted by Crippen LogP contribution is 2.17. The van der Waals surface area contributed by atoms with Gasteiger partial charge in [0, 0.05) is 44.5 Å². The van der Waals surface area contributed by atoms with E-state index in [0.717, 1.165) is 0 Å². The second kappa shape index (κ2) is 8.43. The molecule has 0 radical (unpaired) electrons. The fourth-order valence-corrected chi connectivity index (χ4v) is 2.53. The number of nitrogens with one attached hydrogen (secondary N) is 1. The van der Waals surface area contributed by atoms with Crippen molar-refractivity contribution in [3.8, 4) is 11.8 Å². The van der Waals surface area contributed by atoms with Gasteiger partial charge in [-0.1, -0.05) is 0 Å². The Morgan fingerprint density at radius 2 is 1.93 bits per heavy atom. The van der Waals surface area contributed by atoms with Crippen molar-refractivity contribution < 1.29 is 23.0 Å². The molecule has 2 amide bonds. The van der Waals surface area contributed by atoms with Gasteiger partial charge in [-0.15, -0.1) is 0 Å². The number of carbonyl (C=O) groups is 1. The SMILES string of the molecule is COc1ccnc(N2CCN(C(=O)Nc3ccc(OC(F)F)nc3)CC2)n1. The highest BCUT2D eigenvalue weighted by molar-refractivity contribution is 5.89. The average molecular weight is 380 g/mol. The van der Waals surface area contributed by atoms with Crippen molar-refractivity contribution in [2.45, 2.75) is 6.61 Å². The Kier molecular flexibility index (Phi) is 5.79. The zero-order valence-electron chi connectivity index (χ0n) is 14.5. The number of aromatic nitrogens is 3. The highest BCUT2D eigenvalue weighted by atomic mass is 19.3. The lowest BCUT2D eigenvalue weighted by molar-refractivity contribution is -0.0528. The van der Waals surface area contributed by atoms with Crippen molar-refractivity contribution in [1.29, 1.82) is 0 Å². The zero-order valence-corrected chi connectivity index (χ0v) is 14.5. The smallest absolute Gasteiger partial charge is 0.388 e. The van der Waals surface area contributed by atoms with Gasteiger partial charge in [-0.05, 0) is 6.07 Å². The Balaban J connectivity index is 1.52. The van der Waals surface area contributed by atoms with Crippen LogP contribution in [0.1, 0.15) is 0 Å². The van der Waals surface area contributed by atoms with E-state index < -0.39 is 6.61 Å². The number of rotatable bonds is 5. The van der Waals surface area contributed by atoms with Gasteiger partial charge in [0.25, 0.3) is 0 Å². The number of amides is 2. The van der Waals surface area contributed by atoms with Gasteiger partial charge >= 0.3 is 12.6 Å². The molecule has 0 bridgehead atoms. The van der Waals surface area contributed by atoms with Crippen molar-refractivity contribution in [1.82, 2.24) is 19.9 Å². The molecular weight excluding hydrogens is 362 g/mol. The number of pyridine rings is 1. The maximum atomic E-state index is 12.3. The Bertz CT molecular complexity index is 769. The molecule has 0 spiro atoms. The van der Waals surface area contributed by atoms with Crippen LogP contribution in [-0.2, 0) is 0 Å². The van der Waals surface area contributed by atoms with Gasteiger partial charge in [0.05, 0.1) is 19.0 Å². The zero-order chi connectivity index (χ0) is 19.2. The second-order valence-electron chi connectivity index (χ2n) is 5.57. The number of urea groups is 1. The van der Waals surface area contributed by atoms with Gasteiger partial charge in [-0.25, -0.2) is 14.8 Å². The number of hydrogen-bond donors (Lipinski definition) is 1. The summed E-state index contributed by atoms with van der Waals surface area (Å²) in [5.41, 5.74) is 0.389. The van der Waals surface area contributed by atoms with Crippen LogP contribution in [0, 0.1) is 0 Å². The molecule has 1 fully saturated rings. The molecule has 0 atom stereocenters. The van der Waals surface area contributed by atoms with Crippen molar-refractivity contribution in [3.05, 3.63) is 30.6 Å². The van der Waals surface area contributed by atoms with E-state index in [-0.39, 0.29) is 11.9 Å². The summed E-state index contributed by atoms with van der Waals surface area (Å²) in [5.74, 6) is 0.815.